The quantitative estimate of drug-likeness (QED) is 0.323. The number of pyridine rings is 1. The predicted octanol–water partition coefficient (Wildman–Crippen LogP) is 2.90. The average molecular weight is 417 g/mol. The summed E-state index contributed by atoms with van der Waals surface area (Å²) >= 11 is 0. The van der Waals surface area contributed by atoms with Crippen LogP contribution in [0.5, 0.6) is 11.5 Å². The summed E-state index contributed by atoms with van der Waals surface area (Å²) in [7, 11) is -2.64. The molecule has 0 aliphatic heterocycles. The van der Waals surface area contributed by atoms with Gasteiger partial charge in [0.25, 0.3) is 5.69 Å². The molecule has 10 heteroatoms. The predicted molar refractivity (Wildman–Crippen MR) is 107 cm³/mol. The van der Waals surface area contributed by atoms with Gasteiger partial charge in [-0.1, -0.05) is 18.2 Å². The summed E-state index contributed by atoms with van der Waals surface area (Å²) in [6, 6.07) is 12.7. The number of hydrogen-bond acceptors (Lipinski definition) is 7. The second-order valence-corrected chi connectivity index (χ2v) is 7.76. The normalized spacial score (nSPS) is 11.3. The number of non-ortho nitro benzene ring substituents is 1. The molecule has 152 valence electrons. The molecule has 0 atom stereocenters. The van der Waals surface area contributed by atoms with Gasteiger partial charge in [0.05, 0.1) is 24.7 Å². The van der Waals surface area contributed by atoms with E-state index in [1.165, 1.54) is 7.11 Å². The fourth-order valence-electron chi connectivity index (χ4n) is 2.72. The molecule has 1 N–H and O–H groups in total. The summed E-state index contributed by atoms with van der Waals surface area (Å²) in [5.41, 5.74) is 0.490. The molecule has 0 fully saturated rings. The van der Waals surface area contributed by atoms with Crippen LogP contribution in [-0.4, -0.2) is 38.6 Å². The molecule has 0 radical (unpaired) electrons. The standard InChI is InChI=1S/C19H19N3O6S/c1-27-17-13-15(22(23)24)8-9-18(17)29(25,26)21-11-4-12-28-16-7-2-5-14-6-3-10-20-19(14)16/h2-3,5-10,13,21H,4,11-12H2,1H3. The zero-order chi connectivity index (χ0) is 20.9. The van der Waals surface area contributed by atoms with Gasteiger partial charge in [-0.05, 0) is 24.6 Å². The summed E-state index contributed by atoms with van der Waals surface area (Å²) in [5, 5.41) is 11.8. The molecule has 1 aromatic heterocycles. The third-order valence-electron chi connectivity index (χ3n) is 4.11. The lowest BCUT2D eigenvalue weighted by atomic mass is 10.2. The Balaban J connectivity index is 1.59. The zero-order valence-electron chi connectivity index (χ0n) is 15.6. The molecule has 0 bridgehead atoms. The molecule has 3 aromatic rings. The van der Waals surface area contributed by atoms with E-state index in [-0.39, 0.29) is 29.5 Å². The van der Waals surface area contributed by atoms with Crippen LogP contribution in [0.25, 0.3) is 10.9 Å². The van der Waals surface area contributed by atoms with Crippen LogP contribution in [0.2, 0.25) is 0 Å². The topological polar surface area (TPSA) is 121 Å². The van der Waals surface area contributed by atoms with Crippen LogP contribution in [0, 0.1) is 10.1 Å². The number of rotatable bonds is 9. The van der Waals surface area contributed by atoms with Crippen molar-refractivity contribution in [1.82, 2.24) is 9.71 Å². The van der Waals surface area contributed by atoms with Crippen molar-refractivity contribution in [2.45, 2.75) is 11.3 Å². The number of benzene rings is 2. The van der Waals surface area contributed by atoms with Crippen molar-refractivity contribution in [3.63, 3.8) is 0 Å². The van der Waals surface area contributed by atoms with Crippen LogP contribution in [-0.2, 0) is 10.0 Å². The summed E-state index contributed by atoms with van der Waals surface area (Å²) in [6.45, 7) is 0.413. The van der Waals surface area contributed by atoms with E-state index in [2.05, 4.69) is 9.71 Å². The Labute approximate surface area is 167 Å². The van der Waals surface area contributed by atoms with Crippen LogP contribution < -0.4 is 14.2 Å². The van der Waals surface area contributed by atoms with Crippen LogP contribution in [0.3, 0.4) is 0 Å². The zero-order valence-corrected chi connectivity index (χ0v) is 16.4. The number of sulfonamides is 1. The van der Waals surface area contributed by atoms with Crippen molar-refractivity contribution >= 4 is 26.6 Å². The number of nitro groups is 1. The largest absolute Gasteiger partial charge is 0.495 e. The van der Waals surface area contributed by atoms with Gasteiger partial charge in [-0.3, -0.25) is 15.1 Å². The van der Waals surface area contributed by atoms with E-state index in [0.29, 0.717) is 12.2 Å². The Morgan fingerprint density at radius 3 is 2.69 bits per heavy atom. The van der Waals surface area contributed by atoms with Gasteiger partial charge in [0.15, 0.2) is 0 Å². The number of hydrogen-bond donors (Lipinski definition) is 1. The fourth-order valence-corrected chi connectivity index (χ4v) is 3.95. The van der Waals surface area contributed by atoms with Crippen molar-refractivity contribution < 1.29 is 22.8 Å². The molecule has 29 heavy (non-hydrogen) atoms. The summed E-state index contributed by atoms with van der Waals surface area (Å²) in [5.74, 6) is 0.535. The molecule has 2 aromatic carbocycles. The molecule has 0 spiro atoms. The molecule has 9 nitrogen and oxygen atoms in total. The van der Waals surface area contributed by atoms with E-state index in [4.69, 9.17) is 9.47 Å². The van der Waals surface area contributed by atoms with Crippen molar-refractivity contribution in [2.75, 3.05) is 20.3 Å². The highest BCUT2D eigenvalue weighted by Crippen LogP contribution is 2.28. The van der Waals surface area contributed by atoms with Crippen molar-refractivity contribution in [2.24, 2.45) is 0 Å². The first-order valence-corrected chi connectivity index (χ1v) is 10.2. The minimum Gasteiger partial charge on any atom is -0.495 e. The minimum absolute atomic E-state index is 0.0928. The summed E-state index contributed by atoms with van der Waals surface area (Å²) in [4.78, 5) is 14.4. The third-order valence-corrected chi connectivity index (χ3v) is 5.61. The minimum atomic E-state index is -3.89. The highest BCUT2D eigenvalue weighted by molar-refractivity contribution is 7.89. The number of nitrogens with zero attached hydrogens (tertiary/aromatic N) is 2. The van der Waals surface area contributed by atoms with E-state index in [1.807, 2.05) is 24.3 Å². The molecule has 0 aliphatic carbocycles. The molecule has 0 aliphatic rings. The first kappa shape index (κ1) is 20.5. The van der Waals surface area contributed by atoms with Gasteiger partial charge < -0.3 is 9.47 Å². The van der Waals surface area contributed by atoms with E-state index in [0.717, 1.165) is 29.1 Å². The molecule has 0 amide bonds. The van der Waals surface area contributed by atoms with Crippen molar-refractivity contribution in [3.8, 4) is 11.5 Å². The lowest BCUT2D eigenvalue weighted by Crippen LogP contribution is -2.26. The first-order chi connectivity index (χ1) is 13.9. The maximum Gasteiger partial charge on any atom is 0.273 e. The molecular formula is C19H19N3O6S. The maximum atomic E-state index is 12.5. The number of methoxy groups -OCH3 is 1. The van der Waals surface area contributed by atoms with Crippen molar-refractivity contribution in [1.29, 1.82) is 0 Å². The van der Waals surface area contributed by atoms with Gasteiger partial charge in [-0.15, -0.1) is 0 Å². The van der Waals surface area contributed by atoms with Crippen LogP contribution in [0.15, 0.2) is 59.6 Å². The van der Waals surface area contributed by atoms with Gasteiger partial charge in [0.2, 0.25) is 10.0 Å². The van der Waals surface area contributed by atoms with Gasteiger partial charge in [-0.2, -0.15) is 0 Å². The van der Waals surface area contributed by atoms with E-state index in [9.17, 15) is 18.5 Å². The number of aromatic nitrogens is 1. The summed E-state index contributed by atoms with van der Waals surface area (Å²) in [6.07, 6.45) is 2.10. The Morgan fingerprint density at radius 1 is 1.14 bits per heavy atom. The Hall–Kier alpha value is -3.24. The SMILES string of the molecule is COc1cc([N+](=O)[O-])ccc1S(=O)(=O)NCCCOc1cccc2cccnc12. The molecule has 0 unspecified atom stereocenters. The monoisotopic (exact) mass is 417 g/mol. The van der Waals surface area contributed by atoms with Crippen molar-refractivity contribution in [3.05, 3.63) is 64.8 Å². The van der Waals surface area contributed by atoms with E-state index in [1.54, 1.807) is 12.3 Å². The Morgan fingerprint density at radius 2 is 1.93 bits per heavy atom. The van der Waals surface area contributed by atoms with Gasteiger partial charge >= 0.3 is 0 Å². The smallest absolute Gasteiger partial charge is 0.273 e. The number of ether oxygens (including phenoxy) is 2. The lowest BCUT2D eigenvalue weighted by Gasteiger charge is -2.11. The molecule has 0 saturated heterocycles. The second kappa shape index (κ2) is 8.84. The molecular weight excluding hydrogens is 398 g/mol. The molecule has 0 saturated carbocycles. The van der Waals surface area contributed by atoms with Crippen LogP contribution in [0.1, 0.15) is 6.42 Å². The van der Waals surface area contributed by atoms with Crippen LogP contribution in [0.4, 0.5) is 5.69 Å². The first-order valence-electron chi connectivity index (χ1n) is 8.71. The third kappa shape index (κ3) is 4.79. The maximum absolute atomic E-state index is 12.5. The Kier molecular flexibility index (Phi) is 6.25. The second-order valence-electron chi connectivity index (χ2n) is 6.02. The van der Waals surface area contributed by atoms with Gasteiger partial charge in [0, 0.05) is 24.2 Å². The van der Waals surface area contributed by atoms with E-state index >= 15 is 0 Å². The number of fused-ring (bicyclic) bond motifs is 1. The van der Waals surface area contributed by atoms with E-state index < -0.39 is 14.9 Å². The Bertz CT molecular complexity index is 1130. The highest BCUT2D eigenvalue weighted by Gasteiger charge is 2.21. The van der Waals surface area contributed by atoms with Gasteiger partial charge in [-0.25, -0.2) is 13.1 Å². The highest BCUT2D eigenvalue weighted by atomic mass is 32.2. The fraction of sp³-hybridized carbons (Fsp3) is 0.211. The van der Waals surface area contributed by atoms with Gasteiger partial charge in [0.1, 0.15) is 21.9 Å². The molecule has 1 heterocycles. The van der Waals surface area contributed by atoms with Crippen LogP contribution >= 0.6 is 0 Å². The molecule has 3 rings (SSSR count). The number of para-hydroxylation sites is 1. The average Bonchev–Trinajstić information content (AvgIpc) is 2.73. The number of nitro benzene ring substituents is 1. The lowest BCUT2D eigenvalue weighted by molar-refractivity contribution is -0.385. The number of nitrogens with one attached hydrogen (secondary N) is 1. The summed E-state index contributed by atoms with van der Waals surface area (Å²) < 4.78 is 38.2.